The third kappa shape index (κ3) is 2.84. The molecular weight excluding hydrogens is 202 g/mol. The Morgan fingerprint density at radius 3 is 2.44 bits per heavy atom. The fourth-order valence-corrected chi connectivity index (χ4v) is 1.54. The van der Waals surface area contributed by atoms with Crippen molar-refractivity contribution in [3.63, 3.8) is 0 Å². The lowest BCUT2D eigenvalue weighted by Crippen LogP contribution is -2.34. The minimum absolute atomic E-state index is 0.00784. The number of nitrogens with one attached hydrogen (secondary N) is 1. The molecule has 1 aromatic heterocycles. The average molecular weight is 223 g/mol. The Morgan fingerprint density at radius 2 is 1.94 bits per heavy atom. The van der Waals surface area contributed by atoms with Gasteiger partial charge in [0.05, 0.1) is 0 Å². The summed E-state index contributed by atoms with van der Waals surface area (Å²) in [7, 11) is 0. The first-order chi connectivity index (χ1) is 7.43. The molecule has 1 atom stereocenters. The number of imidazole rings is 1. The third-order valence-corrected chi connectivity index (χ3v) is 2.51. The van der Waals surface area contributed by atoms with E-state index >= 15 is 0 Å². The Hall–Kier alpha value is -1.32. The molecule has 1 unspecified atom stereocenters. The predicted octanol–water partition coefficient (Wildman–Crippen LogP) is 2.30. The summed E-state index contributed by atoms with van der Waals surface area (Å²) in [6.45, 7) is 9.93. The molecule has 0 radical (unpaired) electrons. The van der Waals surface area contributed by atoms with Crippen LogP contribution in [0.2, 0.25) is 0 Å². The standard InChI is InChI=1S/C12H21N3O/c1-8(2)11-13-6-7-15(11)10(5)14-12(16)9(3)4/h6-10H,1-5H3,(H,14,16). The minimum Gasteiger partial charge on any atom is -0.336 e. The molecule has 90 valence electrons. The molecule has 1 amide bonds. The zero-order chi connectivity index (χ0) is 12.3. The van der Waals surface area contributed by atoms with Gasteiger partial charge in [-0.25, -0.2) is 4.98 Å². The molecule has 1 rings (SSSR count). The molecule has 4 nitrogen and oxygen atoms in total. The highest BCUT2D eigenvalue weighted by Gasteiger charge is 2.15. The number of hydrogen-bond donors (Lipinski definition) is 1. The van der Waals surface area contributed by atoms with Crippen molar-refractivity contribution in [3.05, 3.63) is 18.2 Å². The molecule has 4 heteroatoms. The monoisotopic (exact) mass is 223 g/mol. The first-order valence-electron chi connectivity index (χ1n) is 5.76. The maximum atomic E-state index is 11.6. The van der Waals surface area contributed by atoms with Crippen LogP contribution in [0.3, 0.4) is 0 Å². The van der Waals surface area contributed by atoms with Crippen LogP contribution in [0.25, 0.3) is 0 Å². The normalized spacial score (nSPS) is 13.2. The second-order valence-corrected chi connectivity index (χ2v) is 4.69. The van der Waals surface area contributed by atoms with E-state index < -0.39 is 0 Å². The molecule has 1 heterocycles. The predicted molar refractivity (Wildman–Crippen MR) is 64.0 cm³/mol. The van der Waals surface area contributed by atoms with Crippen molar-refractivity contribution in [2.45, 2.75) is 46.7 Å². The highest BCUT2D eigenvalue weighted by molar-refractivity contribution is 5.77. The third-order valence-electron chi connectivity index (χ3n) is 2.51. The molecule has 0 aromatic carbocycles. The maximum Gasteiger partial charge on any atom is 0.224 e. The maximum absolute atomic E-state index is 11.6. The zero-order valence-corrected chi connectivity index (χ0v) is 10.7. The van der Waals surface area contributed by atoms with E-state index in [0.29, 0.717) is 5.92 Å². The Bertz CT molecular complexity index is 355. The smallest absolute Gasteiger partial charge is 0.224 e. The fraction of sp³-hybridized carbons (Fsp3) is 0.667. The van der Waals surface area contributed by atoms with E-state index in [1.165, 1.54) is 0 Å². The molecule has 0 aliphatic heterocycles. The lowest BCUT2D eigenvalue weighted by atomic mass is 10.2. The Labute approximate surface area is 97.1 Å². The lowest BCUT2D eigenvalue weighted by Gasteiger charge is -2.20. The molecule has 1 aromatic rings. The van der Waals surface area contributed by atoms with E-state index in [1.807, 2.05) is 31.5 Å². The van der Waals surface area contributed by atoms with Gasteiger partial charge in [-0.15, -0.1) is 0 Å². The van der Waals surface area contributed by atoms with Gasteiger partial charge in [-0.1, -0.05) is 27.7 Å². The van der Waals surface area contributed by atoms with E-state index in [-0.39, 0.29) is 18.0 Å². The van der Waals surface area contributed by atoms with E-state index in [1.54, 1.807) is 6.20 Å². The Balaban J connectivity index is 2.76. The number of aromatic nitrogens is 2. The summed E-state index contributed by atoms with van der Waals surface area (Å²) in [5.41, 5.74) is 0. The van der Waals surface area contributed by atoms with Crippen molar-refractivity contribution in [1.29, 1.82) is 0 Å². The molecule has 0 saturated carbocycles. The summed E-state index contributed by atoms with van der Waals surface area (Å²) < 4.78 is 2.00. The highest BCUT2D eigenvalue weighted by atomic mass is 16.2. The SMILES string of the molecule is CC(C)C(=O)NC(C)n1ccnc1C(C)C. The van der Waals surface area contributed by atoms with Gasteiger partial charge in [0, 0.05) is 24.2 Å². The van der Waals surface area contributed by atoms with Crippen molar-refractivity contribution < 1.29 is 4.79 Å². The van der Waals surface area contributed by atoms with Gasteiger partial charge >= 0.3 is 0 Å². The van der Waals surface area contributed by atoms with Gasteiger partial charge in [-0.05, 0) is 6.92 Å². The average Bonchev–Trinajstić information content (AvgIpc) is 2.65. The molecule has 0 fully saturated rings. The van der Waals surface area contributed by atoms with Crippen LogP contribution < -0.4 is 5.32 Å². The van der Waals surface area contributed by atoms with E-state index in [2.05, 4.69) is 24.1 Å². The van der Waals surface area contributed by atoms with E-state index in [4.69, 9.17) is 0 Å². The number of carbonyl (C=O) groups is 1. The van der Waals surface area contributed by atoms with Crippen molar-refractivity contribution in [3.8, 4) is 0 Å². The number of amides is 1. The van der Waals surface area contributed by atoms with Crippen molar-refractivity contribution >= 4 is 5.91 Å². The van der Waals surface area contributed by atoms with Gasteiger partial charge in [0.25, 0.3) is 0 Å². The quantitative estimate of drug-likeness (QED) is 0.851. The van der Waals surface area contributed by atoms with Gasteiger partial charge in [0.1, 0.15) is 12.0 Å². The van der Waals surface area contributed by atoms with Crippen LogP contribution in [0.15, 0.2) is 12.4 Å². The lowest BCUT2D eigenvalue weighted by molar-refractivity contribution is -0.125. The van der Waals surface area contributed by atoms with Gasteiger partial charge in [0.15, 0.2) is 0 Å². The summed E-state index contributed by atoms with van der Waals surface area (Å²) in [5.74, 6) is 1.43. The second-order valence-electron chi connectivity index (χ2n) is 4.69. The Morgan fingerprint density at radius 1 is 1.31 bits per heavy atom. The largest absolute Gasteiger partial charge is 0.336 e. The second kappa shape index (κ2) is 5.14. The minimum atomic E-state index is -0.0465. The molecule has 0 saturated heterocycles. The van der Waals surface area contributed by atoms with Crippen LogP contribution >= 0.6 is 0 Å². The summed E-state index contributed by atoms with van der Waals surface area (Å²) in [4.78, 5) is 15.9. The van der Waals surface area contributed by atoms with Crippen molar-refractivity contribution in [2.75, 3.05) is 0 Å². The molecule has 0 bridgehead atoms. The molecular formula is C12H21N3O. The van der Waals surface area contributed by atoms with E-state index in [0.717, 1.165) is 5.82 Å². The fourth-order valence-electron chi connectivity index (χ4n) is 1.54. The van der Waals surface area contributed by atoms with Crippen molar-refractivity contribution in [2.24, 2.45) is 5.92 Å². The topological polar surface area (TPSA) is 46.9 Å². The number of rotatable bonds is 4. The van der Waals surface area contributed by atoms with Crippen LogP contribution in [0.1, 0.15) is 52.5 Å². The highest BCUT2D eigenvalue weighted by Crippen LogP contribution is 2.15. The molecule has 0 aliphatic carbocycles. The van der Waals surface area contributed by atoms with Crippen LogP contribution in [0, 0.1) is 5.92 Å². The summed E-state index contributed by atoms with van der Waals surface area (Å²) >= 11 is 0. The van der Waals surface area contributed by atoms with Crippen LogP contribution in [0.4, 0.5) is 0 Å². The summed E-state index contributed by atoms with van der Waals surface area (Å²) in [6, 6.07) is 0. The molecule has 16 heavy (non-hydrogen) atoms. The molecule has 1 N–H and O–H groups in total. The van der Waals surface area contributed by atoms with Crippen molar-refractivity contribution in [1.82, 2.24) is 14.9 Å². The van der Waals surface area contributed by atoms with Gasteiger partial charge in [-0.3, -0.25) is 4.79 Å². The first kappa shape index (κ1) is 12.7. The van der Waals surface area contributed by atoms with E-state index in [9.17, 15) is 4.79 Å². The Kier molecular flexibility index (Phi) is 4.10. The van der Waals surface area contributed by atoms with Gasteiger partial charge in [0.2, 0.25) is 5.91 Å². The zero-order valence-electron chi connectivity index (χ0n) is 10.7. The molecule has 0 aliphatic rings. The van der Waals surface area contributed by atoms with Crippen LogP contribution in [-0.4, -0.2) is 15.5 Å². The van der Waals surface area contributed by atoms with Crippen LogP contribution in [-0.2, 0) is 4.79 Å². The first-order valence-corrected chi connectivity index (χ1v) is 5.76. The summed E-state index contributed by atoms with van der Waals surface area (Å²) in [5, 5.41) is 2.96. The van der Waals surface area contributed by atoms with Crippen LogP contribution in [0.5, 0.6) is 0 Å². The summed E-state index contributed by atoms with van der Waals surface area (Å²) in [6.07, 6.45) is 3.63. The van der Waals surface area contributed by atoms with Gasteiger partial charge in [-0.2, -0.15) is 0 Å². The van der Waals surface area contributed by atoms with Gasteiger partial charge < -0.3 is 9.88 Å². The number of hydrogen-bond acceptors (Lipinski definition) is 2. The number of nitrogens with zero attached hydrogens (tertiary/aromatic N) is 2. The number of carbonyl (C=O) groups excluding carboxylic acids is 1. The molecule has 0 spiro atoms.